The molecule has 23 heavy (non-hydrogen) atoms. The summed E-state index contributed by atoms with van der Waals surface area (Å²) in [5, 5.41) is 14.8. The zero-order chi connectivity index (χ0) is 17.2. The first kappa shape index (κ1) is 17.1. The first-order valence-corrected chi connectivity index (χ1v) is 8.11. The predicted molar refractivity (Wildman–Crippen MR) is 87.9 cm³/mol. The number of nitrogens with zero attached hydrogens (tertiary/aromatic N) is 2. The average molecular weight is 333 g/mol. The van der Waals surface area contributed by atoms with Gasteiger partial charge in [0.15, 0.2) is 0 Å². The third kappa shape index (κ3) is 3.56. The van der Waals surface area contributed by atoms with E-state index in [-0.39, 0.29) is 17.2 Å². The van der Waals surface area contributed by atoms with Gasteiger partial charge in [0.2, 0.25) is 0 Å². The number of rotatable bonds is 5. The van der Waals surface area contributed by atoms with Gasteiger partial charge in [0.25, 0.3) is 5.91 Å². The molecular weight excluding hydrogens is 314 g/mol. The number of thiazole rings is 1. The quantitative estimate of drug-likeness (QED) is 0.877. The Morgan fingerprint density at radius 1 is 1.30 bits per heavy atom. The van der Waals surface area contributed by atoms with E-state index in [0.29, 0.717) is 12.1 Å². The third-order valence-corrected chi connectivity index (χ3v) is 4.96. The van der Waals surface area contributed by atoms with Crippen molar-refractivity contribution in [3.8, 4) is 0 Å². The van der Waals surface area contributed by atoms with Gasteiger partial charge in [-0.3, -0.25) is 4.79 Å². The van der Waals surface area contributed by atoms with Crippen LogP contribution >= 0.6 is 11.3 Å². The molecule has 6 nitrogen and oxygen atoms in total. The topological polar surface area (TPSA) is 92.2 Å². The number of carbonyl (C=O) groups excluding carboxylic acids is 1. The fourth-order valence-electron chi connectivity index (χ4n) is 2.13. The molecule has 0 bridgehead atoms. The molecule has 0 aromatic carbocycles. The number of amides is 1. The maximum atomic E-state index is 12.5. The van der Waals surface area contributed by atoms with Crippen molar-refractivity contribution in [2.24, 2.45) is 0 Å². The highest BCUT2D eigenvalue weighted by molar-refractivity contribution is 7.09. The lowest BCUT2D eigenvalue weighted by Crippen LogP contribution is -2.43. The van der Waals surface area contributed by atoms with Crippen molar-refractivity contribution in [2.75, 3.05) is 0 Å². The number of carbonyl (C=O) groups is 2. The standard InChI is InChI=1S/C16H19N3O3S/c1-5-16(4,15-17-9(2)8-23-15)19-13(20)12-7-6-11(14(21)22)10(3)18-12/h6-8H,5H2,1-4H3,(H,19,20)(H,21,22). The highest BCUT2D eigenvalue weighted by atomic mass is 32.1. The van der Waals surface area contributed by atoms with Crippen molar-refractivity contribution >= 4 is 23.2 Å². The smallest absolute Gasteiger partial charge is 0.337 e. The number of hydrogen-bond acceptors (Lipinski definition) is 5. The summed E-state index contributed by atoms with van der Waals surface area (Å²) in [5.74, 6) is -1.40. The number of pyridine rings is 1. The Kier molecular flexibility index (Phi) is 4.79. The molecule has 2 N–H and O–H groups in total. The van der Waals surface area contributed by atoms with Crippen LogP contribution in [0.3, 0.4) is 0 Å². The fraction of sp³-hybridized carbons (Fsp3) is 0.375. The number of carboxylic acid groups (broad SMARTS) is 1. The summed E-state index contributed by atoms with van der Waals surface area (Å²) >= 11 is 1.50. The summed E-state index contributed by atoms with van der Waals surface area (Å²) in [6.07, 6.45) is 0.678. The summed E-state index contributed by atoms with van der Waals surface area (Å²) in [5.41, 5.74) is 0.930. The minimum atomic E-state index is -1.06. The van der Waals surface area contributed by atoms with Gasteiger partial charge in [0, 0.05) is 11.1 Å². The lowest BCUT2D eigenvalue weighted by Gasteiger charge is -2.27. The van der Waals surface area contributed by atoms with Crippen molar-refractivity contribution in [1.82, 2.24) is 15.3 Å². The Morgan fingerprint density at radius 3 is 2.48 bits per heavy atom. The first-order chi connectivity index (χ1) is 10.8. The molecule has 2 aromatic heterocycles. The molecule has 0 aliphatic carbocycles. The Hall–Kier alpha value is -2.28. The van der Waals surface area contributed by atoms with Gasteiger partial charge >= 0.3 is 5.97 Å². The number of nitrogens with one attached hydrogen (secondary N) is 1. The van der Waals surface area contributed by atoms with E-state index in [1.54, 1.807) is 6.92 Å². The van der Waals surface area contributed by atoms with E-state index in [1.165, 1.54) is 23.5 Å². The number of aryl methyl sites for hydroxylation is 2. The van der Waals surface area contributed by atoms with Crippen LogP contribution in [0.1, 0.15) is 57.5 Å². The maximum absolute atomic E-state index is 12.5. The lowest BCUT2D eigenvalue weighted by molar-refractivity contribution is 0.0694. The van der Waals surface area contributed by atoms with Crippen LogP contribution < -0.4 is 5.32 Å². The van der Waals surface area contributed by atoms with Gasteiger partial charge in [0.1, 0.15) is 10.7 Å². The minimum Gasteiger partial charge on any atom is -0.478 e. The van der Waals surface area contributed by atoms with E-state index in [9.17, 15) is 9.59 Å². The van der Waals surface area contributed by atoms with Crippen molar-refractivity contribution < 1.29 is 14.7 Å². The summed E-state index contributed by atoms with van der Waals surface area (Å²) in [6.45, 7) is 7.38. The highest BCUT2D eigenvalue weighted by Gasteiger charge is 2.30. The van der Waals surface area contributed by atoms with Gasteiger partial charge < -0.3 is 10.4 Å². The predicted octanol–water partition coefficient (Wildman–Crippen LogP) is 2.91. The molecule has 0 radical (unpaired) electrons. The van der Waals surface area contributed by atoms with E-state index in [0.717, 1.165) is 10.7 Å². The Morgan fingerprint density at radius 2 is 2.00 bits per heavy atom. The molecule has 2 aromatic rings. The number of aromatic carboxylic acids is 1. The SMILES string of the molecule is CCC(C)(NC(=O)c1ccc(C(=O)O)c(C)n1)c1nc(C)cs1. The van der Waals surface area contributed by atoms with Crippen LogP contribution in [0.25, 0.3) is 0 Å². The molecule has 1 unspecified atom stereocenters. The summed E-state index contributed by atoms with van der Waals surface area (Å²) in [6, 6.07) is 2.82. The third-order valence-electron chi connectivity index (χ3n) is 3.74. The Labute approximate surface area is 138 Å². The molecule has 0 fully saturated rings. The van der Waals surface area contributed by atoms with E-state index in [2.05, 4.69) is 15.3 Å². The summed E-state index contributed by atoms with van der Waals surface area (Å²) in [4.78, 5) is 32.1. The molecule has 2 rings (SSSR count). The Bertz CT molecular complexity index is 757. The second-order valence-corrected chi connectivity index (χ2v) is 6.43. The molecule has 2 heterocycles. The van der Waals surface area contributed by atoms with Crippen molar-refractivity contribution in [3.05, 3.63) is 45.2 Å². The molecule has 1 amide bonds. The monoisotopic (exact) mass is 333 g/mol. The number of hydrogen-bond donors (Lipinski definition) is 2. The van der Waals surface area contributed by atoms with Crippen molar-refractivity contribution in [3.63, 3.8) is 0 Å². The maximum Gasteiger partial charge on any atom is 0.337 e. The molecule has 0 saturated heterocycles. The van der Waals surface area contributed by atoms with Crippen LogP contribution in [0.4, 0.5) is 0 Å². The fourth-order valence-corrected chi connectivity index (χ4v) is 3.12. The normalized spacial score (nSPS) is 13.4. The molecular formula is C16H19N3O3S. The zero-order valence-corrected chi connectivity index (χ0v) is 14.3. The molecule has 122 valence electrons. The van der Waals surface area contributed by atoms with Crippen LogP contribution in [0, 0.1) is 13.8 Å². The molecule has 0 aliphatic rings. The van der Waals surface area contributed by atoms with E-state index in [4.69, 9.17) is 5.11 Å². The Balaban J connectivity index is 2.26. The van der Waals surface area contributed by atoms with Crippen LogP contribution in [-0.4, -0.2) is 27.0 Å². The molecule has 1 atom stereocenters. The van der Waals surface area contributed by atoms with Gasteiger partial charge in [-0.1, -0.05) is 6.92 Å². The van der Waals surface area contributed by atoms with Crippen LogP contribution in [-0.2, 0) is 5.54 Å². The molecule has 0 aliphatic heterocycles. The van der Waals surface area contributed by atoms with E-state index < -0.39 is 11.5 Å². The zero-order valence-electron chi connectivity index (χ0n) is 13.5. The van der Waals surface area contributed by atoms with Gasteiger partial charge in [-0.15, -0.1) is 11.3 Å². The van der Waals surface area contributed by atoms with Gasteiger partial charge in [0.05, 0.1) is 16.8 Å². The van der Waals surface area contributed by atoms with Crippen LogP contribution in [0.2, 0.25) is 0 Å². The van der Waals surface area contributed by atoms with Gasteiger partial charge in [-0.05, 0) is 39.3 Å². The van der Waals surface area contributed by atoms with E-state index in [1.807, 2.05) is 26.2 Å². The second-order valence-electron chi connectivity index (χ2n) is 5.57. The highest BCUT2D eigenvalue weighted by Crippen LogP contribution is 2.27. The number of carboxylic acids is 1. The van der Waals surface area contributed by atoms with Gasteiger partial charge in [-0.25, -0.2) is 14.8 Å². The molecule has 7 heteroatoms. The molecule has 0 saturated carbocycles. The van der Waals surface area contributed by atoms with Gasteiger partial charge in [-0.2, -0.15) is 0 Å². The molecule has 0 spiro atoms. The summed E-state index contributed by atoms with van der Waals surface area (Å²) in [7, 11) is 0. The van der Waals surface area contributed by atoms with Crippen molar-refractivity contribution in [2.45, 2.75) is 39.7 Å². The van der Waals surface area contributed by atoms with Crippen LogP contribution in [0.5, 0.6) is 0 Å². The number of aromatic nitrogens is 2. The van der Waals surface area contributed by atoms with E-state index >= 15 is 0 Å². The lowest BCUT2D eigenvalue weighted by atomic mass is 9.99. The average Bonchev–Trinajstić information content (AvgIpc) is 2.93. The summed E-state index contributed by atoms with van der Waals surface area (Å²) < 4.78 is 0. The largest absolute Gasteiger partial charge is 0.478 e. The van der Waals surface area contributed by atoms with Crippen LogP contribution in [0.15, 0.2) is 17.5 Å². The first-order valence-electron chi connectivity index (χ1n) is 7.23. The van der Waals surface area contributed by atoms with Crippen molar-refractivity contribution in [1.29, 1.82) is 0 Å². The minimum absolute atomic E-state index is 0.0929. The second kappa shape index (κ2) is 6.45.